The molecule has 0 spiro atoms. The summed E-state index contributed by atoms with van der Waals surface area (Å²) >= 11 is 0. The summed E-state index contributed by atoms with van der Waals surface area (Å²) in [4.78, 5) is 80.8. The number of nitrogens with zero attached hydrogens (tertiary/aromatic N) is 1. The first-order chi connectivity index (χ1) is 23.7. The van der Waals surface area contributed by atoms with E-state index in [0.29, 0.717) is 19.4 Å². The highest BCUT2D eigenvalue weighted by Gasteiger charge is 2.69. The van der Waals surface area contributed by atoms with Crippen molar-refractivity contribution in [2.45, 2.75) is 117 Å². The predicted octanol–water partition coefficient (Wildman–Crippen LogP) is 3.58. The summed E-state index contributed by atoms with van der Waals surface area (Å²) in [5.41, 5.74) is -0.914. The van der Waals surface area contributed by atoms with Crippen molar-refractivity contribution in [3.63, 3.8) is 0 Å². The van der Waals surface area contributed by atoms with Crippen molar-refractivity contribution < 1.29 is 46.7 Å². The Kier molecular flexibility index (Phi) is 13.9. The lowest BCUT2D eigenvalue weighted by Gasteiger charge is -2.38. The van der Waals surface area contributed by atoms with Gasteiger partial charge in [-0.25, -0.2) is 9.59 Å². The molecular weight excluding hydrogens is 673 g/mol. The maximum Gasteiger partial charge on any atom is 0.407 e. The molecule has 2 aliphatic carbocycles. The fourth-order valence-corrected chi connectivity index (χ4v) is 7.29. The number of nitrogens with one attached hydrogen (secondary N) is 5. The molecule has 3 fully saturated rings. The van der Waals surface area contributed by atoms with E-state index in [9.17, 15) is 41.9 Å². The monoisotopic (exact) mass is 728 g/mol. The molecule has 2 saturated carbocycles. The molecule has 6 atom stereocenters. The quantitative estimate of drug-likeness (QED) is 0.127. The van der Waals surface area contributed by atoms with Crippen LogP contribution in [0.3, 0.4) is 0 Å². The lowest BCUT2D eigenvalue weighted by Crippen LogP contribution is -2.61. The smallest absolute Gasteiger partial charge is 0.407 e. The van der Waals surface area contributed by atoms with Crippen LogP contribution in [0.25, 0.3) is 0 Å². The van der Waals surface area contributed by atoms with Crippen molar-refractivity contribution in [1.82, 2.24) is 31.5 Å². The van der Waals surface area contributed by atoms with Crippen molar-refractivity contribution in [2.75, 3.05) is 26.2 Å². The van der Waals surface area contributed by atoms with Crippen LogP contribution < -0.4 is 26.6 Å². The Balaban J connectivity index is 1.86. The largest absolute Gasteiger partial charge is 0.447 e. The number of Topliss-reactive ketones (excluding diaryl/α,β-unsaturated/α-hetero) is 1. The van der Waals surface area contributed by atoms with E-state index in [4.69, 9.17) is 4.74 Å². The average Bonchev–Trinajstić information content (AvgIpc) is 3.36. The van der Waals surface area contributed by atoms with Crippen molar-refractivity contribution in [2.24, 2.45) is 28.6 Å². The molecule has 5 N–H and O–H groups in total. The summed E-state index contributed by atoms with van der Waals surface area (Å²) in [5.74, 6) is -4.45. The minimum absolute atomic E-state index is 0.102. The van der Waals surface area contributed by atoms with Gasteiger partial charge >= 0.3 is 18.3 Å². The molecule has 1 aliphatic heterocycles. The number of piperidine rings is 1. The van der Waals surface area contributed by atoms with E-state index < -0.39 is 84.2 Å². The first-order valence-electron chi connectivity index (χ1n) is 17.8. The summed E-state index contributed by atoms with van der Waals surface area (Å²) in [6, 6.07) is -5.24. The number of alkyl carbamates (subject to hydrolysis) is 1. The van der Waals surface area contributed by atoms with Crippen molar-refractivity contribution in [3.8, 4) is 0 Å². The van der Waals surface area contributed by atoms with Gasteiger partial charge in [0.15, 0.2) is 0 Å². The molecule has 1 heterocycles. The minimum Gasteiger partial charge on any atom is -0.447 e. The first kappa shape index (κ1) is 41.6. The van der Waals surface area contributed by atoms with Crippen LogP contribution in [0.15, 0.2) is 12.7 Å². The third-order valence-corrected chi connectivity index (χ3v) is 10.5. The zero-order valence-corrected chi connectivity index (χ0v) is 30.5. The molecule has 288 valence electrons. The predicted molar refractivity (Wildman–Crippen MR) is 182 cm³/mol. The second-order valence-corrected chi connectivity index (χ2v) is 15.5. The van der Waals surface area contributed by atoms with E-state index in [-0.39, 0.29) is 42.9 Å². The topological polar surface area (TPSA) is 175 Å². The molecule has 0 aromatic carbocycles. The van der Waals surface area contributed by atoms with Crippen LogP contribution in [-0.2, 0) is 23.9 Å². The van der Waals surface area contributed by atoms with Gasteiger partial charge in [-0.3, -0.25) is 19.2 Å². The number of alkyl halides is 3. The number of hydrogen-bond acceptors (Lipinski definition) is 7. The number of fused-ring (bicyclic) bond motifs is 1. The van der Waals surface area contributed by atoms with Crippen molar-refractivity contribution in [3.05, 3.63) is 12.7 Å². The third kappa shape index (κ3) is 11.1. The van der Waals surface area contributed by atoms with Gasteiger partial charge in [0.05, 0.1) is 12.1 Å². The highest BCUT2D eigenvalue weighted by molar-refractivity contribution is 6.38. The number of rotatable bonds is 15. The number of ketones is 1. The zero-order valence-electron chi connectivity index (χ0n) is 30.5. The van der Waals surface area contributed by atoms with Crippen LogP contribution >= 0.6 is 0 Å². The van der Waals surface area contributed by atoms with Crippen LogP contribution in [0, 0.1) is 28.6 Å². The second-order valence-electron chi connectivity index (χ2n) is 15.5. The molecule has 0 aromatic heterocycles. The molecule has 0 aromatic rings. The van der Waals surface area contributed by atoms with Gasteiger partial charge in [-0.15, -0.1) is 6.58 Å². The third-order valence-electron chi connectivity index (χ3n) is 10.5. The molecule has 3 rings (SSSR count). The van der Waals surface area contributed by atoms with E-state index in [0.717, 1.165) is 19.3 Å². The maximum absolute atomic E-state index is 14.5. The van der Waals surface area contributed by atoms with Crippen molar-refractivity contribution >= 4 is 35.6 Å². The van der Waals surface area contributed by atoms with Gasteiger partial charge in [0.2, 0.25) is 17.6 Å². The number of urea groups is 1. The van der Waals surface area contributed by atoms with Crippen LogP contribution in [-0.4, -0.2) is 97.1 Å². The van der Waals surface area contributed by atoms with Gasteiger partial charge in [-0.1, -0.05) is 60.0 Å². The number of amides is 6. The summed E-state index contributed by atoms with van der Waals surface area (Å²) in [6.45, 7) is 14.9. The van der Waals surface area contributed by atoms with E-state index in [1.54, 1.807) is 6.92 Å². The van der Waals surface area contributed by atoms with Gasteiger partial charge in [0, 0.05) is 26.1 Å². The van der Waals surface area contributed by atoms with Gasteiger partial charge in [0.25, 0.3) is 5.91 Å². The van der Waals surface area contributed by atoms with Crippen LogP contribution in [0.1, 0.15) is 86.5 Å². The SMILES string of the molecule is C=CCNC(=O)C(=O)C(CCC(F)(F)F)NC(=O)[C@@H]1[C@@H]2[C@H](CN1C(=O)[C@@H](NC(=O)N[C@H](COC(=O)NCC)C(C)(C)C)C1CCCCC1)C2(C)C. The summed E-state index contributed by atoms with van der Waals surface area (Å²) in [7, 11) is 0. The zero-order chi connectivity index (χ0) is 38.3. The highest BCUT2D eigenvalue weighted by Crippen LogP contribution is 2.65. The van der Waals surface area contributed by atoms with Gasteiger partial charge < -0.3 is 36.2 Å². The first-order valence-corrected chi connectivity index (χ1v) is 17.8. The lowest BCUT2D eigenvalue weighted by atomic mass is 9.83. The van der Waals surface area contributed by atoms with Gasteiger partial charge in [0.1, 0.15) is 18.7 Å². The summed E-state index contributed by atoms with van der Waals surface area (Å²) in [6.07, 6.45) is -2.34. The minimum atomic E-state index is -4.65. The number of carbonyl (C=O) groups excluding carboxylic acids is 6. The van der Waals surface area contributed by atoms with Crippen LogP contribution in [0.5, 0.6) is 0 Å². The van der Waals surface area contributed by atoms with E-state index >= 15 is 0 Å². The van der Waals surface area contributed by atoms with E-state index in [1.165, 1.54) is 11.0 Å². The van der Waals surface area contributed by atoms with Gasteiger partial charge in [-0.05, 0) is 54.8 Å². The molecule has 0 radical (unpaired) electrons. The molecule has 16 heteroatoms. The highest BCUT2D eigenvalue weighted by atomic mass is 19.4. The Morgan fingerprint density at radius 3 is 2.20 bits per heavy atom. The molecule has 51 heavy (non-hydrogen) atoms. The maximum atomic E-state index is 14.5. The number of hydrogen-bond donors (Lipinski definition) is 5. The fraction of sp³-hybridized carbons (Fsp3) is 0.771. The second kappa shape index (κ2) is 17.1. The lowest BCUT2D eigenvalue weighted by molar-refractivity contribution is -0.147. The fourth-order valence-electron chi connectivity index (χ4n) is 7.29. The van der Waals surface area contributed by atoms with Crippen LogP contribution in [0.4, 0.5) is 22.8 Å². The molecular formula is C35H55F3N6O7. The van der Waals surface area contributed by atoms with E-state index in [2.05, 4.69) is 33.2 Å². The Morgan fingerprint density at radius 2 is 1.63 bits per heavy atom. The standard InChI is InChI=1S/C35H55F3N6O7/c1-8-17-40-29(47)27(45)22(15-16-35(36,37)38)41-28(46)26-24-21(34(24,6)7)18-44(26)30(48)25(20-13-11-10-12-14-20)43-31(49)42-23(33(3,4)5)19-51-32(50)39-9-2/h8,20-26H,1,9-19H2,2-7H3,(H,39,50)(H,40,47)(H,41,46)(H2,42,43,49)/t21-,22?,23+,24-,25-,26-/m0/s1. The number of halogens is 3. The summed E-state index contributed by atoms with van der Waals surface area (Å²) in [5, 5.41) is 12.9. The van der Waals surface area contributed by atoms with Gasteiger partial charge in [-0.2, -0.15) is 13.2 Å². The Hall–Kier alpha value is -3.85. The van der Waals surface area contributed by atoms with Crippen LogP contribution in [0.2, 0.25) is 0 Å². The average molecular weight is 729 g/mol. The molecule has 13 nitrogen and oxygen atoms in total. The molecule has 6 amide bonds. The molecule has 1 saturated heterocycles. The Morgan fingerprint density at radius 1 is 0.980 bits per heavy atom. The molecule has 1 unspecified atom stereocenters. The molecule has 0 bridgehead atoms. The van der Waals surface area contributed by atoms with Crippen molar-refractivity contribution in [1.29, 1.82) is 0 Å². The Bertz CT molecular complexity index is 1310. The van der Waals surface area contributed by atoms with E-state index in [1.807, 2.05) is 34.6 Å². The summed E-state index contributed by atoms with van der Waals surface area (Å²) < 4.78 is 45.0. The number of ether oxygens (including phenoxy) is 1. The number of carbonyl (C=O) groups is 6. The number of likely N-dealkylation sites (tertiary alicyclic amines) is 1. The normalized spacial score (nSPS) is 23.1. The molecule has 3 aliphatic rings. The Labute approximate surface area is 298 Å².